The molecule has 3 atom stereocenters. The molecule has 0 radical (unpaired) electrons. The average molecular weight is 665 g/mol. The number of nitrogens with one attached hydrogen (secondary N) is 2. The minimum Gasteiger partial charge on any atom is -0.458 e. The van der Waals surface area contributed by atoms with Gasteiger partial charge in [0.15, 0.2) is 10.7 Å². The predicted octanol–water partition coefficient (Wildman–Crippen LogP) is 5.64. The van der Waals surface area contributed by atoms with Gasteiger partial charge in [-0.1, -0.05) is 12.1 Å². The van der Waals surface area contributed by atoms with E-state index in [1.165, 1.54) is 30.2 Å². The van der Waals surface area contributed by atoms with Crippen molar-refractivity contribution in [2.45, 2.75) is 90.3 Å². The van der Waals surface area contributed by atoms with Crippen LogP contribution in [-0.4, -0.2) is 67.2 Å². The van der Waals surface area contributed by atoms with E-state index >= 15 is 0 Å². The highest BCUT2D eigenvalue weighted by atomic mass is 32.2. The number of amides is 2. The molecular weight excluding hydrogens is 625 g/mol. The lowest BCUT2D eigenvalue weighted by Crippen LogP contribution is -2.47. The van der Waals surface area contributed by atoms with E-state index in [0.717, 1.165) is 23.5 Å². The van der Waals surface area contributed by atoms with Crippen molar-refractivity contribution in [3.63, 3.8) is 0 Å². The Morgan fingerprint density at radius 2 is 1.61 bits per heavy atom. The molecule has 0 fully saturated rings. The zero-order valence-electron chi connectivity index (χ0n) is 25.6. The van der Waals surface area contributed by atoms with Crippen LogP contribution >= 0.6 is 11.3 Å². The van der Waals surface area contributed by atoms with E-state index in [-0.39, 0.29) is 5.69 Å². The van der Waals surface area contributed by atoms with E-state index in [4.69, 9.17) is 14.3 Å². The van der Waals surface area contributed by atoms with Crippen LogP contribution in [0.25, 0.3) is 0 Å². The van der Waals surface area contributed by atoms with Crippen molar-refractivity contribution < 1.29 is 46.3 Å². The van der Waals surface area contributed by atoms with Crippen LogP contribution < -0.4 is 10.2 Å². The molecule has 0 spiro atoms. The highest BCUT2D eigenvalue weighted by Crippen LogP contribution is 2.43. The number of rotatable bonds is 11. The van der Waals surface area contributed by atoms with Gasteiger partial charge in [0.1, 0.15) is 17.2 Å². The summed E-state index contributed by atoms with van der Waals surface area (Å²) in [5.41, 5.74) is -5.69. The number of thiazole rings is 1. The maximum atomic E-state index is 14.2. The molecule has 0 saturated heterocycles. The first-order chi connectivity index (χ1) is 19.9. The van der Waals surface area contributed by atoms with Gasteiger partial charge in [-0.2, -0.15) is 13.2 Å². The second-order valence-corrected chi connectivity index (χ2v) is 15.4. The van der Waals surface area contributed by atoms with Gasteiger partial charge in [-0.3, -0.25) is 14.5 Å². The van der Waals surface area contributed by atoms with Crippen molar-refractivity contribution in [2.75, 3.05) is 16.4 Å². The molecule has 44 heavy (non-hydrogen) atoms. The standard InChI is InChI=1S/C28H39F3N4O7S2/c1-18(36)35(23-33-14-15-43-23)20-10-8-19(9-11-20)27(39,28(29,30)31)13-17-44(32,40)16-12-21(22(37)41-25(2,3)4)34-24(38)42-26(5,6)7/h8-11,14-15,21,32,39H,12-13,16-17H2,1-7H3,(H,34,38)/t21-,27?,44?/m0/s1. The van der Waals surface area contributed by atoms with Crippen LogP contribution in [0.5, 0.6) is 0 Å². The van der Waals surface area contributed by atoms with Crippen LogP contribution in [0.4, 0.5) is 28.8 Å². The lowest BCUT2D eigenvalue weighted by atomic mass is 9.90. The van der Waals surface area contributed by atoms with Gasteiger partial charge in [0, 0.05) is 46.2 Å². The van der Waals surface area contributed by atoms with Crippen molar-refractivity contribution in [3.8, 4) is 0 Å². The predicted molar refractivity (Wildman–Crippen MR) is 160 cm³/mol. The Morgan fingerprint density at radius 1 is 1.05 bits per heavy atom. The number of benzene rings is 1. The molecule has 0 aliphatic heterocycles. The zero-order chi connectivity index (χ0) is 33.7. The quantitative estimate of drug-likeness (QED) is 0.260. The lowest BCUT2D eigenvalue weighted by Gasteiger charge is -2.32. The normalized spacial score (nSPS) is 15.8. The minimum atomic E-state index is -5.21. The molecule has 1 aromatic carbocycles. The van der Waals surface area contributed by atoms with Gasteiger partial charge in [0.2, 0.25) is 5.91 Å². The number of carbonyl (C=O) groups excluding carboxylic acids is 3. The number of halogens is 3. The van der Waals surface area contributed by atoms with Gasteiger partial charge in [0.05, 0.1) is 5.69 Å². The van der Waals surface area contributed by atoms with Gasteiger partial charge in [-0.05, 0) is 65.7 Å². The summed E-state index contributed by atoms with van der Waals surface area (Å²) in [6, 6.07) is 3.05. The molecule has 1 aromatic heterocycles. The number of carbonyl (C=O) groups is 3. The lowest BCUT2D eigenvalue weighted by molar-refractivity contribution is -0.267. The number of esters is 1. The smallest absolute Gasteiger partial charge is 0.421 e. The third kappa shape index (κ3) is 10.7. The summed E-state index contributed by atoms with van der Waals surface area (Å²) in [6.45, 7) is 10.8. The molecule has 2 unspecified atom stereocenters. The molecule has 11 nitrogen and oxygen atoms in total. The molecule has 0 bridgehead atoms. The van der Waals surface area contributed by atoms with Crippen LogP contribution in [0.2, 0.25) is 0 Å². The first-order valence-electron chi connectivity index (χ1n) is 13.5. The van der Waals surface area contributed by atoms with E-state index in [1.807, 2.05) is 0 Å². The number of nitrogens with zero attached hydrogens (tertiary/aromatic N) is 2. The van der Waals surface area contributed by atoms with E-state index in [2.05, 4.69) is 10.3 Å². The average Bonchev–Trinajstić information content (AvgIpc) is 3.37. The Labute approximate surface area is 259 Å². The minimum absolute atomic E-state index is 0.218. The molecule has 2 rings (SSSR count). The largest absolute Gasteiger partial charge is 0.458 e. The maximum absolute atomic E-state index is 14.2. The third-order valence-corrected chi connectivity index (χ3v) is 8.42. The second kappa shape index (κ2) is 13.8. The topological polar surface area (TPSA) is 159 Å². The SMILES string of the molecule is CC(=O)N(c1ccc(C(O)(CCS(=N)(=O)CC[C@H](NC(=O)OC(C)(C)C)C(=O)OC(C)(C)C)C(F)(F)F)cc1)c1nccs1. The Hall–Kier alpha value is -3.24. The highest BCUT2D eigenvalue weighted by Gasteiger charge is 2.55. The molecule has 3 N–H and O–H groups in total. The first-order valence-corrected chi connectivity index (χ1v) is 16.3. The second-order valence-electron chi connectivity index (χ2n) is 12.1. The van der Waals surface area contributed by atoms with Gasteiger partial charge in [-0.25, -0.2) is 18.8 Å². The summed E-state index contributed by atoms with van der Waals surface area (Å²) < 4.78 is 74.5. The number of alkyl halides is 3. The Kier molecular flexibility index (Phi) is 11.6. The molecule has 2 aromatic rings. The third-order valence-electron chi connectivity index (χ3n) is 5.91. The molecule has 2 amide bonds. The number of aliphatic hydroxyl groups is 1. The number of aromatic nitrogens is 1. The summed E-state index contributed by atoms with van der Waals surface area (Å²) in [4.78, 5) is 42.5. The van der Waals surface area contributed by atoms with Crippen LogP contribution in [0.1, 0.15) is 66.9 Å². The molecule has 0 aliphatic rings. The fourth-order valence-corrected chi connectivity index (χ4v) is 6.03. The molecule has 246 valence electrons. The number of hydrogen-bond donors (Lipinski definition) is 3. The van der Waals surface area contributed by atoms with Crippen molar-refractivity contribution in [1.82, 2.24) is 10.3 Å². The van der Waals surface area contributed by atoms with Crippen LogP contribution in [0.15, 0.2) is 35.8 Å². The van der Waals surface area contributed by atoms with E-state index in [9.17, 15) is 36.9 Å². The summed E-state index contributed by atoms with van der Waals surface area (Å²) >= 11 is 1.15. The molecule has 0 saturated carbocycles. The monoisotopic (exact) mass is 664 g/mol. The number of anilines is 2. The first kappa shape index (κ1) is 36.9. The van der Waals surface area contributed by atoms with Gasteiger partial charge < -0.3 is 19.9 Å². The van der Waals surface area contributed by atoms with Crippen LogP contribution in [0, 0.1) is 4.78 Å². The van der Waals surface area contributed by atoms with Crippen molar-refractivity contribution in [2.24, 2.45) is 0 Å². The van der Waals surface area contributed by atoms with Gasteiger partial charge in [-0.15, -0.1) is 11.3 Å². The van der Waals surface area contributed by atoms with E-state index in [0.29, 0.717) is 5.13 Å². The molecular formula is C28H39F3N4O7S2. The van der Waals surface area contributed by atoms with Gasteiger partial charge in [0.25, 0.3) is 0 Å². The fraction of sp³-hybridized carbons (Fsp3) is 0.571. The maximum Gasteiger partial charge on any atom is 0.421 e. The van der Waals surface area contributed by atoms with Crippen LogP contribution in [-0.2, 0) is 34.4 Å². The van der Waals surface area contributed by atoms with E-state index < -0.39 is 86.6 Å². The molecule has 0 aliphatic carbocycles. The van der Waals surface area contributed by atoms with Crippen molar-refractivity contribution in [3.05, 3.63) is 41.4 Å². The van der Waals surface area contributed by atoms with Gasteiger partial charge >= 0.3 is 18.2 Å². The fourth-order valence-electron chi connectivity index (χ4n) is 3.88. The summed E-state index contributed by atoms with van der Waals surface area (Å²) in [7, 11) is -3.81. The Bertz CT molecular complexity index is 1400. The Balaban J connectivity index is 2.24. The summed E-state index contributed by atoms with van der Waals surface area (Å²) in [5.74, 6) is -2.79. The molecule has 16 heteroatoms. The highest BCUT2D eigenvalue weighted by molar-refractivity contribution is 7.92. The number of hydrogen-bond acceptors (Lipinski definition) is 10. The molecule has 1 heterocycles. The van der Waals surface area contributed by atoms with Crippen LogP contribution in [0.3, 0.4) is 0 Å². The Morgan fingerprint density at radius 3 is 2.07 bits per heavy atom. The zero-order valence-corrected chi connectivity index (χ0v) is 27.2. The summed E-state index contributed by atoms with van der Waals surface area (Å²) in [5, 5.41) is 15.1. The number of alkyl carbamates (subject to hydrolysis) is 1. The van der Waals surface area contributed by atoms with Crippen molar-refractivity contribution >= 4 is 49.9 Å². The number of ether oxygens (including phenoxy) is 2. The summed E-state index contributed by atoms with van der Waals surface area (Å²) in [6.07, 6.45) is -6.24. The van der Waals surface area contributed by atoms with E-state index in [1.54, 1.807) is 46.9 Å². The van der Waals surface area contributed by atoms with Crippen molar-refractivity contribution in [1.29, 1.82) is 4.78 Å².